The zero-order valence-electron chi connectivity index (χ0n) is 10.8. The summed E-state index contributed by atoms with van der Waals surface area (Å²) >= 11 is 0. The van der Waals surface area contributed by atoms with E-state index >= 15 is 0 Å². The number of carbonyl (C=O) groups is 1. The molecule has 0 saturated carbocycles. The molecule has 1 aromatic heterocycles. The van der Waals surface area contributed by atoms with E-state index in [0.717, 1.165) is 0 Å². The van der Waals surface area contributed by atoms with E-state index in [1.165, 1.54) is 6.26 Å². The minimum absolute atomic E-state index is 0.258. The first-order valence-electron chi connectivity index (χ1n) is 5.90. The van der Waals surface area contributed by atoms with Crippen molar-refractivity contribution in [2.75, 3.05) is 19.0 Å². The maximum absolute atomic E-state index is 11.8. The van der Waals surface area contributed by atoms with Crippen molar-refractivity contribution < 1.29 is 18.7 Å². The van der Waals surface area contributed by atoms with Gasteiger partial charge in [-0.2, -0.15) is 0 Å². The molecule has 1 N–H and O–H groups in total. The average molecular weight is 261 g/mol. The Hall–Kier alpha value is -2.43. The van der Waals surface area contributed by atoms with E-state index in [4.69, 9.17) is 13.9 Å². The first-order chi connectivity index (χ1) is 9.24. The Kier molecular flexibility index (Phi) is 4.07. The summed E-state index contributed by atoms with van der Waals surface area (Å²) in [6.07, 6.45) is 1.45. The maximum Gasteiger partial charge on any atom is 0.291 e. The molecular weight excluding hydrogens is 246 g/mol. The van der Waals surface area contributed by atoms with Gasteiger partial charge in [0.1, 0.15) is 0 Å². The monoisotopic (exact) mass is 261 g/mol. The lowest BCUT2D eigenvalue weighted by Crippen LogP contribution is -2.11. The van der Waals surface area contributed by atoms with Crippen LogP contribution in [0, 0.1) is 0 Å². The van der Waals surface area contributed by atoms with Gasteiger partial charge in [-0.1, -0.05) is 0 Å². The molecule has 0 bridgehead atoms. The zero-order valence-corrected chi connectivity index (χ0v) is 10.8. The van der Waals surface area contributed by atoms with Crippen LogP contribution in [0.5, 0.6) is 11.5 Å². The molecule has 1 heterocycles. The Bertz CT molecular complexity index is 549. The van der Waals surface area contributed by atoms with Crippen LogP contribution in [0.1, 0.15) is 17.5 Å². The van der Waals surface area contributed by atoms with Crippen LogP contribution in [-0.4, -0.2) is 19.6 Å². The second-order valence-electron chi connectivity index (χ2n) is 3.73. The number of ether oxygens (including phenoxy) is 2. The molecule has 1 aromatic carbocycles. The summed E-state index contributed by atoms with van der Waals surface area (Å²) in [5.74, 6) is 1.16. The van der Waals surface area contributed by atoms with Gasteiger partial charge in [0.05, 0.1) is 20.0 Å². The van der Waals surface area contributed by atoms with Gasteiger partial charge in [-0.05, 0) is 31.2 Å². The van der Waals surface area contributed by atoms with E-state index in [-0.39, 0.29) is 11.7 Å². The predicted molar refractivity (Wildman–Crippen MR) is 70.8 cm³/mol. The van der Waals surface area contributed by atoms with Crippen LogP contribution in [-0.2, 0) is 0 Å². The lowest BCUT2D eigenvalue weighted by Gasteiger charge is -2.11. The average Bonchev–Trinajstić information content (AvgIpc) is 2.93. The fourth-order valence-corrected chi connectivity index (χ4v) is 1.62. The molecule has 0 radical (unpaired) electrons. The second kappa shape index (κ2) is 5.95. The van der Waals surface area contributed by atoms with Gasteiger partial charge in [0, 0.05) is 11.8 Å². The Balaban J connectivity index is 2.16. The molecule has 0 aliphatic rings. The molecule has 1 amide bonds. The summed E-state index contributed by atoms with van der Waals surface area (Å²) in [7, 11) is 1.57. The van der Waals surface area contributed by atoms with Gasteiger partial charge in [-0.3, -0.25) is 4.79 Å². The Morgan fingerprint density at radius 1 is 1.32 bits per heavy atom. The number of anilines is 1. The van der Waals surface area contributed by atoms with Crippen LogP contribution < -0.4 is 14.8 Å². The Morgan fingerprint density at radius 3 is 2.79 bits per heavy atom. The number of carbonyl (C=O) groups excluding carboxylic acids is 1. The highest BCUT2D eigenvalue weighted by atomic mass is 16.5. The van der Waals surface area contributed by atoms with Crippen molar-refractivity contribution in [1.82, 2.24) is 0 Å². The van der Waals surface area contributed by atoms with Crippen LogP contribution in [0.2, 0.25) is 0 Å². The minimum atomic E-state index is -0.308. The molecule has 0 fully saturated rings. The van der Waals surface area contributed by atoms with Crippen molar-refractivity contribution in [3.63, 3.8) is 0 Å². The summed E-state index contributed by atoms with van der Waals surface area (Å²) in [5, 5.41) is 2.73. The summed E-state index contributed by atoms with van der Waals surface area (Å²) in [6, 6.07) is 8.45. The van der Waals surface area contributed by atoms with Crippen LogP contribution >= 0.6 is 0 Å². The van der Waals surface area contributed by atoms with Gasteiger partial charge >= 0.3 is 0 Å². The summed E-state index contributed by atoms with van der Waals surface area (Å²) in [5.41, 5.74) is 0.616. The lowest BCUT2D eigenvalue weighted by molar-refractivity contribution is 0.0996. The van der Waals surface area contributed by atoms with E-state index in [0.29, 0.717) is 23.8 Å². The van der Waals surface area contributed by atoms with Crippen molar-refractivity contribution in [2.45, 2.75) is 6.92 Å². The van der Waals surface area contributed by atoms with E-state index in [9.17, 15) is 4.79 Å². The van der Waals surface area contributed by atoms with Crippen molar-refractivity contribution in [2.24, 2.45) is 0 Å². The standard InChI is InChI=1S/C14H15NO4/c1-3-18-13-9-10(6-7-11(13)17-2)15-14(16)12-5-4-8-19-12/h4-9H,3H2,1-2H3,(H,15,16). The number of hydrogen-bond donors (Lipinski definition) is 1. The number of methoxy groups -OCH3 is 1. The first kappa shape index (κ1) is 13.0. The largest absolute Gasteiger partial charge is 0.493 e. The Morgan fingerprint density at radius 2 is 2.16 bits per heavy atom. The van der Waals surface area contributed by atoms with Crippen molar-refractivity contribution in [1.29, 1.82) is 0 Å². The van der Waals surface area contributed by atoms with Gasteiger partial charge in [0.2, 0.25) is 0 Å². The SMILES string of the molecule is CCOc1cc(NC(=O)c2ccco2)ccc1OC. The fraction of sp³-hybridized carbons (Fsp3) is 0.214. The lowest BCUT2D eigenvalue weighted by atomic mass is 10.2. The molecule has 19 heavy (non-hydrogen) atoms. The van der Waals surface area contributed by atoms with Crippen molar-refractivity contribution in [3.05, 3.63) is 42.4 Å². The van der Waals surface area contributed by atoms with Crippen molar-refractivity contribution in [3.8, 4) is 11.5 Å². The molecule has 5 nitrogen and oxygen atoms in total. The van der Waals surface area contributed by atoms with E-state index in [1.807, 2.05) is 6.92 Å². The molecule has 100 valence electrons. The van der Waals surface area contributed by atoms with E-state index in [1.54, 1.807) is 37.4 Å². The van der Waals surface area contributed by atoms with Gasteiger partial charge in [0.15, 0.2) is 17.3 Å². The molecule has 2 rings (SSSR count). The third kappa shape index (κ3) is 3.07. The minimum Gasteiger partial charge on any atom is -0.493 e. The smallest absolute Gasteiger partial charge is 0.291 e. The molecule has 2 aromatic rings. The molecule has 0 aliphatic carbocycles. The molecule has 0 spiro atoms. The summed E-state index contributed by atoms with van der Waals surface area (Å²) in [6.45, 7) is 2.40. The number of nitrogens with one attached hydrogen (secondary N) is 1. The van der Waals surface area contributed by atoms with Crippen LogP contribution in [0.4, 0.5) is 5.69 Å². The quantitative estimate of drug-likeness (QED) is 0.898. The number of benzene rings is 1. The molecular formula is C14H15NO4. The number of hydrogen-bond acceptors (Lipinski definition) is 4. The van der Waals surface area contributed by atoms with Gasteiger partial charge in [0.25, 0.3) is 5.91 Å². The topological polar surface area (TPSA) is 60.7 Å². The van der Waals surface area contributed by atoms with E-state index in [2.05, 4.69) is 5.32 Å². The van der Waals surface area contributed by atoms with Crippen LogP contribution in [0.3, 0.4) is 0 Å². The molecule has 5 heteroatoms. The van der Waals surface area contributed by atoms with Crippen molar-refractivity contribution >= 4 is 11.6 Å². The highest BCUT2D eigenvalue weighted by Crippen LogP contribution is 2.30. The number of furan rings is 1. The van der Waals surface area contributed by atoms with Crippen LogP contribution in [0.25, 0.3) is 0 Å². The second-order valence-corrected chi connectivity index (χ2v) is 3.73. The zero-order chi connectivity index (χ0) is 13.7. The molecule has 0 atom stereocenters. The third-order valence-corrected chi connectivity index (χ3v) is 2.47. The normalized spacial score (nSPS) is 10.0. The van der Waals surface area contributed by atoms with Crippen LogP contribution in [0.15, 0.2) is 41.0 Å². The van der Waals surface area contributed by atoms with Gasteiger partial charge in [-0.15, -0.1) is 0 Å². The number of rotatable bonds is 5. The summed E-state index contributed by atoms with van der Waals surface area (Å²) < 4.78 is 15.6. The Labute approximate surface area is 111 Å². The highest BCUT2D eigenvalue weighted by molar-refractivity contribution is 6.02. The van der Waals surface area contributed by atoms with Gasteiger partial charge < -0.3 is 19.2 Å². The predicted octanol–water partition coefficient (Wildman–Crippen LogP) is 2.94. The molecule has 0 unspecified atom stereocenters. The molecule has 0 saturated heterocycles. The van der Waals surface area contributed by atoms with Gasteiger partial charge in [-0.25, -0.2) is 0 Å². The highest BCUT2D eigenvalue weighted by Gasteiger charge is 2.11. The molecule has 0 aliphatic heterocycles. The fourth-order valence-electron chi connectivity index (χ4n) is 1.62. The summed E-state index contributed by atoms with van der Waals surface area (Å²) in [4.78, 5) is 11.8. The maximum atomic E-state index is 11.8. The first-order valence-corrected chi connectivity index (χ1v) is 5.90. The third-order valence-electron chi connectivity index (χ3n) is 2.47. The van der Waals surface area contributed by atoms with E-state index < -0.39 is 0 Å². The number of amides is 1.